The number of carbonyl (C=O) groups excluding carboxylic acids is 1. The minimum atomic E-state index is -4.50. The molecule has 0 saturated carbocycles. The number of benzene rings is 2. The first-order valence-corrected chi connectivity index (χ1v) is 9.99. The first kappa shape index (κ1) is 20.9. The molecule has 1 saturated heterocycles. The Kier molecular flexibility index (Phi) is 5.43. The van der Waals surface area contributed by atoms with Gasteiger partial charge in [0.2, 0.25) is 0 Å². The minimum Gasteiger partial charge on any atom is -0.370 e. The maximum atomic E-state index is 13.3. The summed E-state index contributed by atoms with van der Waals surface area (Å²) in [5, 5.41) is 2.61. The molecular weight excluding hydrogens is 409 g/mol. The highest BCUT2D eigenvalue weighted by Gasteiger charge is 2.32. The number of amides is 1. The fourth-order valence-electron chi connectivity index (χ4n) is 3.82. The first-order valence-electron chi connectivity index (χ1n) is 9.99. The van der Waals surface area contributed by atoms with Gasteiger partial charge in [0, 0.05) is 20.1 Å². The average molecular weight is 430 g/mol. The fraction of sp³-hybridized carbons (Fsp3) is 0.318. The number of carbonyl (C=O) groups is 1. The first-order chi connectivity index (χ1) is 14.8. The minimum absolute atomic E-state index is 0.219. The Bertz CT molecular complexity index is 1200. The third-order valence-corrected chi connectivity index (χ3v) is 5.47. The molecule has 1 aliphatic heterocycles. The van der Waals surface area contributed by atoms with Gasteiger partial charge in [0.15, 0.2) is 5.69 Å². The molecule has 0 atom stereocenters. The molecule has 3 aromatic rings. The van der Waals surface area contributed by atoms with Gasteiger partial charge in [-0.3, -0.25) is 9.59 Å². The molecule has 1 aliphatic rings. The molecule has 9 heteroatoms. The van der Waals surface area contributed by atoms with Gasteiger partial charge < -0.3 is 14.8 Å². The molecule has 1 fully saturated rings. The van der Waals surface area contributed by atoms with Gasteiger partial charge in [-0.05, 0) is 49.6 Å². The van der Waals surface area contributed by atoms with E-state index in [2.05, 4.69) is 10.3 Å². The Morgan fingerprint density at radius 3 is 2.48 bits per heavy atom. The molecule has 162 valence electrons. The van der Waals surface area contributed by atoms with Crippen molar-refractivity contribution < 1.29 is 18.0 Å². The number of aryl methyl sites for hydroxylation is 1. The third-order valence-electron chi connectivity index (χ3n) is 5.47. The highest BCUT2D eigenvalue weighted by atomic mass is 19.4. The van der Waals surface area contributed by atoms with E-state index < -0.39 is 23.2 Å². The van der Waals surface area contributed by atoms with E-state index in [0.717, 1.165) is 31.4 Å². The van der Waals surface area contributed by atoms with Gasteiger partial charge in [0.05, 0.1) is 28.0 Å². The summed E-state index contributed by atoms with van der Waals surface area (Å²) in [7, 11) is 1.54. The molecule has 1 N–H and O–H groups in total. The number of hydrogen-bond donors (Lipinski definition) is 1. The Labute approximate surface area is 176 Å². The molecule has 1 aromatic heterocycles. The molecule has 0 aliphatic carbocycles. The lowest BCUT2D eigenvalue weighted by Crippen LogP contribution is -2.32. The lowest BCUT2D eigenvalue weighted by Gasteiger charge is -2.31. The van der Waals surface area contributed by atoms with Crippen LogP contribution in [0.15, 0.2) is 47.3 Å². The predicted molar refractivity (Wildman–Crippen MR) is 112 cm³/mol. The van der Waals surface area contributed by atoms with Crippen molar-refractivity contribution in [2.45, 2.75) is 25.4 Å². The number of aromatic nitrogens is 2. The number of para-hydroxylation sites is 2. The van der Waals surface area contributed by atoms with E-state index in [0.29, 0.717) is 29.8 Å². The monoisotopic (exact) mass is 430 g/mol. The number of alkyl halides is 3. The third kappa shape index (κ3) is 4.12. The maximum Gasteiger partial charge on any atom is 0.416 e. The highest BCUT2D eigenvalue weighted by molar-refractivity contribution is 6.05. The molecule has 0 unspecified atom stereocenters. The van der Waals surface area contributed by atoms with Crippen LogP contribution in [0.1, 0.15) is 35.3 Å². The molecule has 31 heavy (non-hydrogen) atoms. The van der Waals surface area contributed by atoms with Crippen LogP contribution in [-0.2, 0) is 13.2 Å². The van der Waals surface area contributed by atoms with Crippen molar-refractivity contribution in [1.29, 1.82) is 0 Å². The quantitative estimate of drug-likeness (QED) is 0.677. The van der Waals surface area contributed by atoms with E-state index >= 15 is 0 Å². The lowest BCUT2D eigenvalue weighted by atomic mass is 10.1. The number of hydrogen-bond acceptors (Lipinski definition) is 4. The van der Waals surface area contributed by atoms with E-state index in [1.807, 2.05) is 4.90 Å². The summed E-state index contributed by atoms with van der Waals surface area (Å²) < 4.78 is 41.2. The Morgan fingerprint density at radius 1 is 1.06 bits per heavy atom. The summed E-state index contributed by atoms with van der Waals surface area (Å²) in [5.41, 5.74) is -0.123. The second kappa shape index (κ2) is 8.05. The number of halogens is 3. The van der Waals surface area contributed by atoms with Gasteiger partial charge in [-0.25, -0.2) is 4.98 Å². The zero-order valence-electron chi connectivity index (χ0n) is 16.9. The molecule has 4 rings (SSSR count). The largest absolute Gasteiger partial charge is 0.416 e. The van der Waals surface area contributed by atoms with Crippen LogP contribution in [0.25, 0.3) is 11.0 Å². The molecule has 2 aromatic carbocycles. The van der Waals surface area contributed by atoms with Crippen LogP contribution in [0.2, 0.25) is 0 Å². The van der Waals surface area contributed by atoms with Crippen molar-refractivity contribution in [3.8, 4) is 0 Å². The summed E-state index contributed by atoms with van der Waals surface area (Å²) >= 11 is 0. The summed E-state index contributed by atoms with van der Waals surface area (Å²) in [4.78, 5) is 31.6. The molecular formula is C22H21F3N4O2. The maximum absolute atomic E-state index is 13.3. The summed E-state index contributed by atoms with van der Waals surface area (Å²) in [6, 6.07) is 10.1. The summed E-state index contributed by atoms with van der Waals surface area (Å²) in [6.07, 6.45) is -1.77. The van der Waals surface area contributed by atoms with Gasteiger partial charge in [0.1, 0.15) is 0 Å². The van der Waals surface area contributed by atoms with Crippen LogP contribution in [0.3, 0.4) is 0 Å². The van der Waals surface area contributed by atoms with Crippen molar-refractivity contribution >= 4 is 28.3 Å². The zero-order chi connectivity index (χ0) is 22.2. The smallest absolute Gasteiger partial charge is 0.370 e. The van der Waals surface area contributed by atoms with E-state index in [1.54, 1.807) is 31.3 Å². The van der Waals surface area contributed by atoms with Crippen LogP contribution >= 0.6 is 0 Å². The van der Waals surface area contributed by atoms with E-state index in [-0.39, 0.29) is 11.4 Å². The van der Waals surface area contributed by atoms with Crippen LogP contribution < -0.4 is 15.8 Å². The standard InChI is InChI=1S/C22H21F3N4O2/c1-28-17-8-4-3-7-15(17)26-19(21(28)31)20(30)27-16-10-9-14(22(23,24)25)13-18(16)29-11-5-2-6-12-29/h3-4,7-10,13H,2,5-6,11-12H2,1H3,(H,27,30). The van der Waals surface area contributed by atoms with Crippen molar-refractivity contribution in [2.75, 3.05) is 23.3 Å². The highest BCUT2D eigenvalue weighted by Crippen LogP contribution is 2.36. The van der Waals surface area contributed by atoms with Gasteiger partial charge in [-0.2, -0.15) is 13.2 Å². The van der Waals surface area contributed by atoms with Crippen LogP contribution in [-0.4, -0.2) is 28.5 Å². The Hall–Kier alpha value is -3.36. The molecule has 0 bridgehead atoms. The van der Waals surface area contributed by atoms with E-state index in [4.69, 9.17) is 0 Å². The number of nitrogens with zero attached hydrogens (tertiary/aromatic N) is 3. The van der Waals surface area contributed by atoms with Crippen molar-refractivity contribution in [1.82, 2.24) is 9.55 Å². The van der Waals surface area contributed by atoms with Gasteiger partial charge in [-0.1, -0.05) is 12.1 Å². The van der Waals surface area contributed by atoms with E-state index in [9.17, 15) is 22.8 Å². The lowest BCUT2D eigenvalue weighted by molar-refractivity contribution is -0.137. The normalized spacial score (nSPS) is 14.6. The van der Waals surface area contributed by atoms with Crippen molar-refractivity contribution in [3.63, 3.8) is 0 Å². The number of rotatable bonds is 3. The Balaban J connectivity index is 1.73. The molecule has 2 heterocycles. The summed E-state index contributed by atoms with van der Waals surface area (Å²) in [6.45, 7) is 1.19. The number of fused-ring (bicyclic) bond motifs is 1. The Morgan fingerprint density at radius 2 is 1.77 bits per heavy atom. The van der Waals surface area contributed by atoms with Crippen molar-refractivity contribution in [3.05, 3.63) is 64.1 Å². The van der Waals surface area contributed by atoms with Crippen LogP contribution in [0.5, 0.6) is 0 Å². The predicted octanol–water partition coefficient (Wildman–Crippen LogP) is 4.19. The zero-order valence-corrected chi connectivity index (χ0v) is 16.9. The van der Waals surface area contributed by atoms with Gasteiger partial charge in [-0.15, -0.1) is 0 Å². The van der Waals surface area contributed by atoms with E-state index in [1.165, 1.54) is 10.6 Å². The van der Waals surface area contributed by atoms with Crippen LogP contribution in [0, 0.1) is 0 Å². The van der Waals surface area contributed by atoms with Crippen LogP contribution in [0.4, 0.5) is 24.5 Å². The SMILES string of the molecule is Cn1c(=O)c(C(=O)Nc2ccc(C(F)(F)F)cc2N2CCCCC2)nc2ccccc21. The van der Waals surface area contributed by atoms with Gasteiger partial charge in [0.25, 0.3) is 11.5 Å². The average Bonchev–Trinajstić information content (AvgIpc) is 2.76. The summed E-state index contributed by atoms with van der Waals surface area (Å²) in [5.74, 6) is -0.760. The second-order valence-corrected chi connectivity index (χ2v) is 7.54. The molecule has 6 nitrogen and oxygen atoms in total. The number of anilines is 2. The number of piperidine rings is 1. The fourth-order valence-corrected chi connectivity index (χ4v) is 3.82. The molecule has 0 spiro atoms. The molecule has 0 radical (unpaired) electrons. The molecule has 1 amide bonds. The number of nitrogens with one attached hydrogen (secondary N) is 1. The second-order valence-electron chi connectivity index (χ2n) is 7.54. The van der Waals surface area contributed by atoms with Gasteiger partial charge >= 0.3 is 6.18 Å². The topological polar surface area (TPSA) is 67.2 Å². The van der Waals surface area contributed by atoms with Crippen molar-refractivity contribution in [2.24, 2.45) is 7.05 Å².